The molecule has 168 valence electrons. The van der Waals surface area contributed by atoms with Crippen LogP contribution in [0.1, 0.15) is 27.2 Å². The molecular weight excluding hydrogens is 478 g/mol. The van der Waals surface area contributed by atoms with Crippen molar-refractivity contribution >= 4 is 37.7 Å². The molecule has 1 aromatic heterocycles. The van der Waals surface area contributed by atoms with Crippen LogP contribution < -0.4 is 15.8 Å². The van der Waals surface area contributed by atoms with Gasteiger partial charge in [-0.2, -0.15) is 4.98 Å². The van der Waals surface area contributed by atoms with Crippen molar-refractivity contribution in [2.24, 2.45) is 5.14 Å². The van der Waals surface area contributed by atoms with Gasteiger partial charge < -0.3 is 25.6 Å². The molecule has 1 atom stereocenters. The molecule has 0 amide bonds. The molecule has 0 aromatic carbocycles. The highest BCUT2D eigenvalue weighted by Gasteiger charge is 2.24. The summed E-state index contributed by atoms with van der Waals surface area (Å²) in [5.74, 6) is 0.927. The number of primary sulfonamides is 1. The molecule has 0 unspecified atom stereocenters. The van der Waals surface area contributed by atoms with Gasteiger partial charge in [-0.1, -0.05) is 12.2 Å². The van der Waals surface area contributed by atoms with E-state index in [-0.39, 0.29) is 23.1 Å². The SMILES string of the molecule is CNc1ncc(Br)c(N[C@H](C)C(C)(C)O)n1.COC1=C(S(N)(=O)=O)C(O)=CC=CC1. The number of nitrogens with two attached hydrogens (primary N) is 1. The fourth-order valence-corrected chi connectivity index (χ4v) is 3.25. The number of nitrogens with zero attached hydrogens (tertiary/aromatic N) is 2. The fourth-order valence-electron chi connectivity index (χ4n) is 2.10. The highest BCUT2D eigenvalue weighted by molar-refractivity contribution is 9.10. The van der Waals surface area contributed by atoms with Crippen molar-refractivity contribution in [2.45, 2.75) is 38.8 Å². The van der Waals surface area contributed by atoms with Crippen molar-refractivity contribution in [1.29, 1.82) is 0 Å². The minimum atomic E-state index is -3.96. The number of hydrogen-bond acceptors (Lipinski definition) is 9. The lowest BCUT2D eigenvalue weighted by Crippen LogP contribution is -2.39. The van der Waals surface area contributed by atoms with Crippen LogP contribution in [0.4, 0.5) is 11.8 Å². The summed E-state index contributed by atoms with van der Waals surface area (Å²) in [4.78, 5) is 7.95. The number of rotatable bonds is 6. The number of anilines is 2. The van der Waals surface area contributed by atoms with E-state index in [0.29, 0.717) is 11.8 Å². The van der Waals surface area contributed by atoms with Crippen LogP contribution in [0.15, 0.2) is 45.3 Å². The maximum absolute atomic E-state index is 11.1. The van der Waals surface area contributed by atoms with Gasteiger partial charge >= 0.3 is 0 Å². The van der Waals surface area contributed by atoms with E-state index < -0.39 is 21.4 Å². The Morgan fingerprint density at radius 3 is 2.53 bits per heavy atom. The summed E-state index contributed by atoms with van der Waals surface area (Å²) < 4.78 is 27.9. The van der Waals surface area contributed by atoms with Crippen LogP contribution in [0, 0.1) is 0 Å². The Hall–Kier alpha value is -2.15. The first-order valence-electron chi connectivity index (χ1n) is 8.86. The number of ether oxygens (including phenoxy) is 1. The van der Waals surface area contributed by atoms with E-state index in [9.17, 15) is 18.6 Å². The second-order valence-corrected chi connectivity index (χ2v) is 9.20. The number of allylic oxidation sites excluding steroid dienone is 3. The smallest absolute Gasteiger partial charge is 0.245 e. The van der Waals surface area contributed by atoms with Crippen molar-refractivity contribution in [3.8, 4) is 0 Å². The van der Waals surface area contributed by atoms with E-state index in [1.54, 1.807) is 33.2 Å². The molecule has 0 saturated carbocycles. The van der Waals surface area contributed by atoms with Gasteiger partial charge in [-0.15, -0.1) is 0 Å². The molecule has 0 radical (unpaired) electrons. The first kappa shape index (κ1) is 25.9. The van der Waals surface area contributed by atoms with Gasteiger partial charge in [-0.25, -0.2) is 18.5 Å². The fraction of sp³-hybridized carbons (Fsp3) is 0.444. The van der Waals surface area contributed by atoms with Crippen LogP contribution in [-0.4, -0.2) is 54.4 Å². The normalized spacial score (nSPS) is 15.4. The van der Waals surface area contributed by atoms with E-state index >= 15 is 0 Å². The van der Waals surface area contributed by atoms with Crippen molar-refractivity contribution in [3.63, 3.8) is 0 Å². The molecule has 30 heavy (non-hydrogen) atoms. The zero-order valence-corrected chi connectivity index (χ0v) is 19.9. The summed E-state index contributed by atoms with van der Waals surface area (Å²) in [6.45, 7) is 5.39. The van der Waals surface area contributed by atoms with Crippen molar-refractivity contribution < 1.29 is 23.4 Å². The number of nitrogens with one attached hydrogen (secondary N) is 2. The molecule has 0 fully saturated rings. The summed E-state index contributed by atoms with van der Waals surface area (Å²) in [6, 6.07) is -0.122. The average molecular weight is 506 g/mol. The van der Waals surface area contributed by atoms with E-state index in [1.165, 1.54) is 19.3 Å². The summed E-state index contributed by atoms with van der Waals surface area (Å²) in [5.41, 5.74) is -0.815. The molecule has 1 aliphatic carbocycles. The first-order valence-corrected chi connectivity index (χ1v) is 11.2. The van der Waals surface area contributed by atoms with Gasteiger partial charge in [0.2, 0.25) is 16.0 Å². The number of aliphatic hydroxyl groups excluding tert-OH is 1. The predicted molar refractivity (Wildman–Crippen MR) is 120 cm³/mol. The molecule has 6 N–H and O–H groups in total. The zero-order chi connectivity index (χ0) is 23.1. The maximum Gasteiger partial charge on any atom is 0.245 e. The van der Waals surface area contributed by atoms with E-state index in [1.807, 2.05) is 6.92 Å². The molecule has 0 spiro atoms. The Bertz CT molecular complexity index is 939. The van der Waals surface area contributed by atoms with Crippen LogP contribution in [-0.2, 0) is 14.8 Å². The Kier molecular flexibility index (Phi) is 9.28. The number of methoxy groups -OCH3 is 1. The second-order valence-electron chi connectivity index (χ2n) is 6.85. The average Bonchev–Trinajstić information content (AvgIpc) is 2.84. The van der Waals surface area contributed by atoms with E-state index in [2.05, 4.69) is 36.5 Å². The summed E-state index contributed by atoms with van der Waals surface area (Å²) in [5, 5.41) is 30.2. The van der Waals surface area contributed by atoms with Gasteiger partial charge in [0.1, 0.15) is 17.3 Å². The third-order valence-corrected chi connectivity index (χ3v) is 5.68. The van der Waals surface area contributed by atoms with E-state index in [0.717, 1.165) is 4.47 Å². The lowest BCUT2D eigenvalue weighted by Gasteiger charge is -2.27. The number of sulfonamides is 1. The Balaban J connectivity index is 0.000000303. The number of aliphatic hydroxyl groups is 2. The van der Waals surface area contributed by atoms with Crippen LogP contribution in [0.5, 0.6) is 0 Å². The highest BCUT2D eigenvalue weighted by Crippen LogP contribution is 2.24. The van der Waals surface area contributed by atoms with Gasteiger partial charge in [0.05, 0.1) is 23.2 Å². The van der Waals surface area contributed by atoms with Crippen molar-refractivity contribution in [3.05, 3.63) is 45.3 Å². The van der Waals surface area contributed by atoms with Crippen LogP contribution >= 0.6 is 15.9 Å². The number of aromatic nitrogens is 2. The third-order valence-electron chi connectivity index (χ3n) is 4.09. The van der Waals surface area contributed by atoms with Crippen LogP contribution in [0.25, 0.3) is 0 Å². The molecule has 0 aliphatic heterocycles. The molecule has 1 aromatic rings. The predicted octanol–water partition coefficient (Wildman–Crippen LogP) is 2.39. The molecule has 2 rings (SSSR count). The van der Waals surface area contributed by atoms with Gasteiger partial charge in [0.25, 0.3) is 0 Å². The lowest BCUT2D eigenvalue weighted by molar-refractivity contribution is 0.0647. The molecule has 0 bridgehead atoms. The standard InChI is InChI=1S/C10H17BrN4O.C8H11NO4S/c1-6(10(2,3)16)14-8-7(11)5-13-9(12-4)15-8;1-13-7-5-3-2-4-6(10)8(7)14(9,11)12/h5-6,16H,1-4H3,(H2,12,13,14,15);2-4,10H,5H2,1H3,(H2,9,11,12)/t6-;/m1./s1. The molecule has 1 aliphatic rings. The molecular formula is C18H28BrN5O5S. The monoisotopic (exact) mass is 505 g/mol. The number of halogens is 1. The first-order chi connectivity index (χ1) is 13.8. The third kappa shape index (κ3) is 7.59. The minimum absolute atomic E-state index is 0.122. The summed E-state index contributed by atoms with van der Waals surface area (Å²) >= 11 is 3.36. The maximum atomic E-state index is 11.1. The van der Waals surface area contributed by atoms with Gasteiger partial charge in [0, 0.05) is 19.7 Å². The Morgan fingerprint density at radius 1 is 1.40 bits per heavy atom. The van der Waals surface area contributed by atoms with Gasteiger partial charge in [-0.05, 0) is 42.8 Å². The number of hydrogen-bond donors (Lipinski definition) is 5. The molecule has 10 nitrogen and oxygen atoms in total. The second kappa shape index (κ2) is 10.8. The highest BCUT2D eigenvalue weighted by atomic mass is 79.9. The quantitative estimate of drug-likeness (QED) is 0.390. The van der Waals surface area contributed by atoms with E-state index in [4.69, 9.17) is 9.88 Å². The molecule has 1 heterocycles. The molecule has 12 heteroatoms. The zero-order valence-electron chi connectivity index (χ0n) is 17.5. The largest absolute Gasteiger partial charge is 0.506 e. The van der Waals surface area contributed by atoms with Gasteiger partial charge in [0.15, 0.2) is 4.91 Å². The molecule has 0 saturated heterocycles. The van der Waals surface area contributed by atoms with Gasteiger partial charge in [-0.3, -0.25) is 0 Å². The summed E-state index contributed by atoms with van der Waals surface area (Å²) in [7, 11) is -0.881. The minimum Gasteiger partial charge on any atom is -0.506 e. The summed E-state index contributed by atoms with van der Waals surface area (Å²) in [6.07, 6.45) is 6.40. The Labute approximate surface area is 185 Å². The van der Waals surface area contributed by atoms with Crippen LogP contribution in [0.3, 0.4) is 0 Å². The van der Waals surface area contributed by atoms with Crippen LogP contribution in [0.2, 0.25) is 0 Å². The van der Waals surface area contributed by atoms with Crippen molar-refractivity contribution in [1.82, 2.24) is 9.97 Å². The Morgan fingerprint density at radius 2 is 2.03 bits per heavy atom. The van der Waals surface area contributed by atoms with Crippen molar-refractivity contribution in [2.75, 3.05) is 24.8 Å². The topological polar surface area (TPSA) is 160 Å². The lowest BCUT2D eigenvalue weighted by atomic mass is 10.0.